The zero-order chi connectivity index (χ0) is 60.7. The summed E-state index contributed by atoms with van der Waals surface area (Å²) in [7, 11) is 0. The van der Waals surface area contributed by atoms with Crippen LogP contribution in [-0.4, -0.2) is 19.1 Å². The zero-order valence-electron chi connectivity index (χ0n) is 49.6. The van der Waals surface area contributed by atoms with Gasteiger partial charge in [0.2, 0.25) is 0 Å². The predicted molar refractivity (Wildman–Crippen MR) is 369 cm³/mol. The van der Waals surface area contributed by atoms with Gasteiger partial charge < -0.3 is 9.13 Å². The Morgan fingerprint density at radius 1 is 0.267 bits per heavy atom. The quantitative estimate of drug-likeness (QED) is 0.122. The Hall–Kier alpha value is -12.2. The number of rotatable bonds is 12. The van der Waals surface area contributed by atoms with Gasteiger partial charge in [-0.05, 0) is 105 Å². The van der Waals surface area contributed by atoms with Crippen molar-refractivity contribution in [3.63, 3.8) is 0 Å². The predicted octanol–water partition coefficient (Wildman–Crippen LogP) is 21.4. The maximum atomic E-state index is 11.1. The highest BCUT2D eigenvalue weighted by Crippen LogP contribution is 2.52. The Morgan fingerprint density at radius 3 is 0.789 bits per heavy atom. The van der Waals surface area contributed by atoms with Gasteiger partial charge in [0.15, 0.2) is 0 Å². The second kappa shape index (κ2) is 23.2. The molecule has 4 heterocycles. The van der Waals surface area contributed by atoms with Crippen molar-refractivity contribution in [2.75, 3.05) is 0 Å². The van der Waals surface area contributed by atoms with Crippen LogP contribution in [0.2, 0.25) is 0 Å². The summed E-state index contributed by atoms with van der Waals surface area (Å²) >= 11 is 0. The fourth-order valence-corrected chi connectivity index (χ4v) is 13.4. The molecule has 0 aliphatic carbocycles. The molecule has 0 amide bonds. The van der Waals surface area contributed by atoms with E-state index in [1.54, 1.807) is 0 Å². The van der Waals surface area contributed by atoms with Crippen LogP contribution < -0.4 is 0 Å². The van der Waals surface area contributed by atoms with Crippen LogP contribution in [0.5, 0.6) is 0 Å². The van der Waals surface area contributed by atoms with E-state index in [0.29, 0.717) is 11.4 Å². The molecule has 4 aromatic heterocycles. The molecule has 0 saturated carbocycles. The lowest BCUT2D eigenvalue weighted by molar-refractivity contribution is 1.10. The molecule has 422 valence electrons. The largest absolute Gasteiger partial charge is 0.308 e. The molecule has 0 spiro atoms. The van der Waals surface area contributed by atoms with Crippen molar-refractivity contribution in [2.45, 2.75) is 13.8 Å². The van der Waals surface area contributed by atoms with Crippen molar-refractivity contribution in [2.24, 2.45) is 0 Å². The first kappa shape index (κ1) is 54.4. The number of aromatic nitrogens is 4. The smallest absolute Gasteiger partial charge is 0.149 e. The summed E-state index contributed by atoms with van der Waals surface area (Å²) < 4.78 is 4.80. The highest BCUT2D eigenvalue weighted by molar-refractivity contribution is 6.20. The molecule has 11 aromatic carbocycles. The molecule has 6 nitrogen and oxygen atoms in total. The number of pyridine rings is 2. The maximum absolute atomic E-state index is 11.1. The SMILES string of the molecule is Cc1cc(-n2c(-c3ccccc3)c3c(-c4ccccc4)nc(C#N)c(-c4ccccc4)c3c2-c2ccccc2)ccc1-c1ccc(-c2ccc(-n3c(-c4ccccc4)c4c(-c5ccccc5)nc(C#N)c(-c5ccccc5)c4c3-c3ccccc3)cc2C)cc1. The summed E-state index contributed by atoms with van der Waals surface area (Å²) in [6.45, 7) is 4.40. The first-order chi connectivity index (χ1) is 44.4. The lowest BCUT2D eigenvalue weighted by atomic mass is 9.92. The van der Waals surface area contributed by atoms with Gasteiger partial charge in [0.05, 0.1) is 34.2 Å². The van der Waals surface area contributed by atoms with Crippen molar-refractivity contribution >= 4 is 21.5 Å². The van der Waals surface area contributed by atoms with E-state index < -0.39 is 0 Å². The minimum atomic E-state index is 0.371. The van der Waals surface area contributed by atoms with E-state index in [-0.39, 0.29) is 0 Å². The molecular formula is C84H56N6. The Balaban J connectivity index is 0.884. The minimum Gasteiger partial charge on any atom is -0.308 e. The van der Waals surface area contributed by atoms with Crippen LogP contribution in [0.15, 0.2) is 303 Å². The molecule has 0 saturated heterocycles. The van der Waals surface area contributed by atoms with Gasteiger partial charge >= 0.3 is 0 Å². The van der Waals surface area contributed by atoms with Gasteiger partial charge in [-0.1, -0.05) is 279 Å². The summed E-state index contributed by atoms with van der Waals surface area (Å²) in [6.07, 6.45) is 0. The molecule has 0 radical (unpaired) electrons. The first-order valence-corrected chi connectivity index (χ1v) is 30.3. The van der Waals surface area contributed by atoms with Crippen LogP contribution in [0.25, 0.3) is 145 Å². The third-order valence-corrected chi connectivity index (χ3v) is 17.3. The van der Waals surface area contributed by atoms with Crippen LogP contribution in [0.3, 0.4) is 0 Å². The van der Waals surface area contributed by atoms with E-state index in [1.807, 2.05) is 72.8 Å². The molecule has 0 unspecified atom stereocenters. The molecule has 0 fully saturated rings. The van der Waals surface area contributed by atoms with Crippen molar-refractivity contribution in [3.8, 4) is 136 Å². The standard InChI is InChI=1S/C84H56N6/c1-55-51-67(89-81(63-35-19-7-20-36-63)75-73(59-27-11-3-12-28-59)71(53-85)87-79(61-31-15-5-16-32-61)77(75)83(89)65-39-23-9-24-40-65)47-49-69(55)57-43-45-58(46-44-57)70-50-48-68(52-56(70)2)90-82(64-37-21-8-22-38-64)76-74(60-29-13-4-14-30-60)72(54-86)88-80(62-33-17-6-18-34-62)78(76)84(90)66-41-25-10-26-42-66/h3-52H,1-2H3. The highest BCUT2D eigenvalue weighted by atomic mass is 15.0. The summed E-state index contributed by atoms with van der Waals surface area (Å²) in [5.74, 6) is 0. The molecular weight excluding hydrogens is 1090 g/mol. The average Bonchev–Trinajstić information content (AvgIpc) is 1.56. The van der Waals surface area contributed by atoms with Crippen LogP contribution in [0, 0.1) is 36.5 Å². The van der Waals surface area contributed by atoms with Crippen LogP contribution in [-0.2, 0) is 0 Å². The number of fused-ring (bicyclic) bond motifs is 2. The molecule has 0 bridgehead atoms. The van der Waals surface area contributed by atoms with Gasteiger partial charge in [-0.2, -0.15) is 10.5 Å². The number of hydrogen-bond acceptors (Lipinski definition) is 4. The molecule has 15 aromatic rings. The lowest BCUT2D eigenvalue weighted by Gasteiger charge is -2.18. The number of hydrogen-bond donors (Lipinski definition) is 0. The summed E-state index contributed by atoms with van der Waals surface area (Å²) in [6, 6.07) is 111. The normalized spacial score (nSPS) is 11.2. The minimum absolute atomic E-state index is 0.371. The van der Waals surface area contributed by atoms with Gasteiger partial charge in [0.1, 0.15) is 23.5 Å². The Labute approximate surface area is 523 Å². The van der Waals surface area contributed by atoms with Crippen LogP contribution >= 0.6 is 0 Å². The van der Waals surface area contributed by atoms with E-state index >= 15 is 0 Å². The van der Waals surface area contributed by atoms with Crippen molar-refractivity contribution in [1.29, 1.82) is 10.5 Å². The Morgan fingerprint density at radius 2 is 0.522 bits per heavy atom. The molecule has 90 heavy (non-hydrogen) atoms. The third kappa shape index (κ3) is 9.45. The first-order valence-electron chi connectivity index (χ1n) is 30.3. The van der Waals surface area contributed by atoms with Gasteiger partial charge in [0.25, 0.3) is 0 Å². The van der Waals surface area contributed by atoms with E-state index in [1.165, 1.54) is 0 Å². The second-order valence-corrected chi connectivity index (χ2v) is 22.7. The van der Waals surface area contributed by atoms with Crippen LogP contribution in [0.1, 0.15) is 22.5 Å². The van der Waals surface area contributed by atoms with Crippen molar-refractivity contribution < 1.29 is 0 Å². The van der Waals surface area contributed by atoms with Gasteiger partial charge in [0, 0.05) is 55.2 Å². The number of benzene rings is 11. The molecule has 0 aliphatic rings. The molecule has 15 rings (SSSR count). The Bertz CT molecular complexity index is 4930. The van der Waals surface area contributed by atoms with E-state index in [4.69, 9.17) is 9.97 Å². The van der Waals surface area contributed by atoms with Gasteiger partial charge in [-0.3, -0.25) is 0 Å². The fourth-order valence-electron chi connectivity index (χ4n) is 13.4. The summed E-state index contributed by atoms with van der Waals surface area (Å²) in [5, 5.41) is 26.0. The van der Waals surface area contributed by atoms with Crippen molar-refractivity contribution in [3.05, 3.63) is 326 Å². The van der Waals surface area contributed by atoms with Crippen molar-refractivity contribution in [1.82, 2.24) is 19.1 Å². The van der Waals surface area contributed by atoms with E-state index in [0.717, 1.165) is 156 Å². The zero-order valence-corrected chi connectivity index (χ0v) is 49.6. The van der Waals surface area contributed by atoms with Gasteiger partial charge in [-0.15, -0.1) is 0 Å². The second-order valence-electron chi connectivity index (χ2n) is 22.7. The molecule has 0 N–H and O–H groups in total. The lowest BCUT2D eigenvalue weighted by Crippen LogP contribution is -2.01. The Kier molecular flexibility index (Phi) is 14.0. The topological polar surface area (TPSA) is 83.2 Å². The number of nitrogens with zero attached hydrogens (tertiary/aromatic N) is 6. The maximum Gasteiger partial charge on any atom is 0.149 e. The summed E-state index contributed by atoms with van der Waals surface area (Å²) in [4.78, 5) is 10.6. The number of nitriles is 2. The molecule has 6 heteroatoms. The molecule has 0 atom stereocenters. The average molecular weight is 1150 g/mol. The van der Waals surface area contributed by atoms with Crippen LogP contribution in [0.4, 0.5) is 0 Å². The van der Waals surface area contributed by atoms with E-state index in [9.17, 15) is 10.5 Å². The van der Waals surface area contributed by atoms with Gasteiger partial charge in [-0.25, -0.2) is 9.97 Å². The summed E-state index contributed by atoms with van der Waals surface area (Å²) in [5.41, 5.74) is 24.3. The monoisotopic (exact) mass is 1150 g/mol. The van der Waals surface area contributed by atoms with E-state index in [2.05, 4.69) is 266 Å². The highest BCUT2D eigenvalue weighted by Gasteiger charge is 2.32. The molecule has 0 aliphatic heterocycles. The third-order valence-electron chi connectivity index (χ3n) is 17.3. The number of aryl methyl sites for hydroxylation is 2. The fraction of sp³-hybridized carbons (Fsp3) is 0.0238.